The van der Waals surface area contributed by atoms with Crippen molar-refractivity contribution in [3.8, 4) is 0 Å². The third kappa shape index (κ3) is 2.97. The predicted octanol–water partition coefficient (Wildman–Crippen LogP) is -1.17. The lowest BCUT2D eigenvalue weighted by atomic mass is 10.1. The van der Waals surface area contributed by atoms with Gasteiger partial charge in [0.05, 0.1) is 19.2 Å². The number of rotatable bonds is 2. The molecule has 0 saturated carbocycles. The Hall–Kier alpha value is -0.710. The van der Waals surface area contributed by atoms with Gasteiger partial charge >= 0.3 is 0 Å². The van der Waals surface area contributed by atoms with Gasteiger partial charge in [0.15, 0.2) is 5.82 Å². The van der Waals surface area contributed by atoms with E-state index in [9.17, 15) is 0 Å². The molecule has 0 amide bonds. The first-order chi connectivity index (χ1) is 9.27. The Bertz CT molecular complexity index is 393. The van der Waals surface area contributed by atoms with Crippen LogP contribution in [0.4, 0.5) is 11.6 Å². The molecule has 2 saturated heterocycles. The molecule has 2 fully saturated rings. The fraction of sp³-hybridized carbons (Fsp3) is 0.800. The highest BCUT2D eigenvalue weighted by Gasteiger charge is 2.27. The Balaban J connectivity index is 0.00000147. The van der Waals surface area contributed by atoms with Crippen molar-refractivity contribution in [1.82, 2.24) is 4.68 Å². The summed E-state index contributed by atoms with van der Waals surface area (Å²) >= 11 is 0. The first kappa shape index (κ1) is 15.7. The van der Waals surface area contributed by atoms with Crippen LogP contribution >= 0.6 is 0 Å². The van der Waals surface area contributed by atoms with Crippen molar-refractivity contribution >= 4 is 11.6 Å². The zero-order valence-corrected chi connectivity index (χ0v) is 14.4. The van der Waals surface area contributed by atoms with Crippen molar-refractivity contribution in [2.45, 2.75) is 38.5 Å². The molecule has 1 aromatic rings. The van der Waals surface area contributed by atoms with Gasteiger partial charge in [0.25, 0.3) is 5.82 Å². The molecule has 2 aliphatic heterocycles. The molecule has 0 unspecified atom stereocenters. The van der Waals surface area contributed by atoms with Crippen LogP contribution in [0.25, 0.3) is 0 Å². The zero-order chi connectivity index (χ0) is 13.2. The molecule has 0 radical (unpaired) electrons. The fourth-order valence-corrected chi connectivity index (χ4v) is 3.45. The minimum absolute atomic E-state index is 0. The number of piperidine rings is 2. The van der Waals surface area contributed by atoms with E-state index in [1.807, 2.05) is 0 Å². The Morgan fingerprint density at radius 1 is 0.850 bits per heavy atom. The molecule has 0 bridgehead atoms. The normalized spacial score (nSPS) is 19.9. The monoisotopic (exact) mass is 342 g/mol. The third-order valence-electron chi connectivity index (χ3n) is 4.73. The van der Waals surface area contributed by atoms with Crippen molar-refractivity contribution in [3.63, 3.8) is 0 Å². The minimum Gasteiger partial charge on any atom is -1.00 e. The van der Waals surface area contributed by atoms with Crippen LogP contribution in [-0.2, 0) is 14.1 Å². The molecule has 0 N–H and O–H groups in total. The molecule has 5 heteroatoms. The number of anilines is 2. The topological polar surface area (TPSA) is 15.3 Å². The number of hydrogen-bond acceptors (Lipinski definition) is 2. The zero-order valence-electron chi connectivity index (χ0n) is 12.8. The van der Waals surface area contributed by atoms with Gasteiger partial charge in [-0.1, -0.05) is 0 Å². The van der Waals surface area contributed by atoms with Crippen LogP contribution in [0, 0.1) is 0 Å². The van der Waals surface area contributed by atoms with Crippen molar-refractivity contribution < 1.29 is 21.7 Å². The largest absolute Gasteiger partial charge is 1.00 e. The van der Waals surface area contributed by atoms with Crippen LogP contribution in [0.3, 0.4) is 0 Å². The maximum absolute atomic E-state index is 2.55. The highest BCUT2D eigenvalue weighted by Crippen LogP contribution is 2.24. The smallest absolute Gasteiger partial charge is 0.299 e. The van der Waals surface area contributed by atoms with E-state index in [-0.39, 0.29) is 17.0 Å². The SMILES string of the molecule is Cn1c(N2CCCCC2)cc(N2CCCCC2)[n+]1C.[Br-]. The standard InChI is InChI=1S/C15H27N4.BrH/c1-16-14(18-9-5-3-6-10-18)13-15(17(16)2)19-11-7-4-8-12-19;/h13H,3-12H2,1-2H3;1H/q+1;/p-1. The van der Waals surface area contributed by atoms with Crippen molar-refractivity contribution in [1.29, 1.82) is 0 Å². The van der Waals surface area contributed by atoms with Crippen LogP contribution in [0.2, 0.25) is 0 Å². The maximum atomic E-state index is 2.55. The van der Waals surface area contributed by atoms with Gasteiger partial charge in [-0.3, -0.25) is 4.90 Å². The number of hydrogen-bond donors (Lipinski definition) is 0. The predicted molar refractivity (Wildman–Crippen MR) is 78.7 cm³/mol. The summed E-state index contributed by atoms with van der Waals surface area (Å²) < 4.78 is 4.63. The molecule has 3 heterocycles. The van der Waals surface area contributed by atoms with E-state index in [4.69, 9.17) is 0 Å². The minimum atomic E-state index is 0. The van der Waals surface area contributed by atoms with Gasteiger partial charge in [-0.05, 0) is 38.5 Å². The Morgan fingerprint density at radius 2 is 1.35 bits per heavy atom. The van der Waals surface area contributed by atoms with Crippen LogP contribution in [0.5, 0.6) is 0 Å². The first-order valence-corrected chi connectivity index (χ1v) is 7.83. The average Bonchev–Trinajstić information content (AvgIpc) is 2.77. The molecule has 0 aliphatic carbocycles. The van der Waals surface area contributed by atoms with E-state index >= 15 is 0 Å². The van der Waals surface area contributed by atoms with E-state index in [1.165, 1.54) is 76.3 Å². The second-order valence-electron chi connectivity index (χ2n) is 6.00. The second-order valence-corrected chi connectivity index (χ2v) is 6.00. The lowest BCUT2D eigenvalue weighted by molar-refractivity contribution is -0.738. The second kappa shape index (κ2) is 6.83. The van der Waals surface area contributed by atoms with Crippen LogP contribution in [0.15, 0.2) is 6.07 Å². The molecule has 0 atom stereocenters. The molecule has 114 valence electrons. The molecule has 2 aliphatic rings. The quantitative estimate of drug-likeness (QED) is 0.629. The van der Waals surface area contributed by atoms with E-state index in [0.29, 0.717) is 0 Å². The Kier molecular flexibility index (Phi) is 5.35. The molecule has 20 heavy (non-hydrogen) atoms. The molecular formula is C15H27BrN4. The number of aromatic nitrogens is 2. The molecule has 0 spiro atoms. The summed E-state index contributed by atoms with van der Waals surface area (Å²) in [5.41, 5.74) is 0. The van der Waals surface area contributed by atoms with Crippen molar-refractivity contribution in [2.24, 2.45) is 14.1 Å². The van der Waals surface area contributed by atoms with Crippen LogP contribution in [-0.4, -0.2) is 30.9 Å². The van der Waals surface area contributed by atoms with Gasteiger partial charge in [-0.25, -0.2) is 4.68 Å². The van der Waals surface area contributed by atoms with E-state index in [2.05, 4.69) is 39.3 Å². The number of halogens is 1. The fourth-order valence-electron chi connectivity index (χ4n) is 3.45. The van der Waals surface area contributed by atoms with Gasteiger partial charge in [0, 0.05) is 20.1 Å². The molecule has 1 aromatic heterocycles. The van der Waals surface area contributed by atoms with Crippen molar-refractivity contribution in [2.75, 3.05) is 36.0 Å². The van der Waals surface area contributed by atoms with Gasteiger partial charge in [0.2, 0.25) is 0 Å². The van der Waals surface area contributed by atoms with E-state index in [1.54, 1.807) is 0 Å². The van der Waals surface area contributed by atoms with E-state index in [0.717, 1.165) is 0 Å². The summed E-state index contributed by atoms with van der Waals surface area (Å²) in [5, 5.41) is 0. The summed E-state index contributed by atoms with van der Waals surface area (Å²) in [6.07, 6.45) is 8.15. The molecule has 0 aromatic carbocycles. The summed E-state index contributed by atoms with van der Waals surface area (Å²) in [6.45, 7) is 4.88. The Labute approximate surface area is 133 Å². The lowest BCUT2D eigenvalue weighted by Crippen LogP contribution is -3.00. The van der Waals surface area contributed by atoms with E-state index < -0.39 is 0 Å². The van der Waals surface area contributed by atoms with Gasteiger partial charge in [0.1, 0.15) is 7.05 Å². The molecule has 4 nitrogen and oxygen atoms in total. The van der Waals surface area contributed by atoms with Crippen LogP contribution < -0.4 is 31.5 Å². The van der Waals surface area contributed by atoms with Crippen molar-refractivity contribution in [3.05, 3.63) is 6.07 Å². The number of nitrogens with zero attached hydrogens (tertiary/aromatic N) is 4. The highest BCUT2D eigenvalue weighted by molar-refractivity contribution is 5.49. The summed E-state index contributed by atoms with van der Waals surface area (Å²) in [6, 6.07) is 2.40. The average molecular weight is 343 g/mol. The van der Waals surface area contributed by atoms with Gasteiger partial charge < -0.3 is 21.9 Å². The van der Waals surface area contributed by atoms with Crippen LogP contribution in [0.1, 0.15) is 38.5 Å². The van der Waals surface area contributed by atoms with Gasteiger partial charge in [-0.15, -0.1) is 0 Å². The lowest BCUT2D eigenvalue weighted by Gasteiger charge is -2.27. The Morgan fingerprint density at radius 3 is 1.90 bits per heavy atom. The maximum Gasteiger partial charge on any atom is 0.299 e. The molecule has 3 rings (SSSR count). The summed E-state index contributed by atoms with van der Waals surface area (Å²) in [4.78, 5) is 5.11. The summed E-state index contributed by atoms with van der Waals surface area (Å²) in [7, 11) is 4.38. The summed E-state index contributed by atoms with van der Waals surface area (Å²) in [5.74, 6) is 2.78. The highest BCUT2D eigenvalue weighted by atomic mass is 79.9. The molecular weight excluding hydrogens is 316 g/mol. The van der Waals surface area contributed by atoms with Gasteiger partial charge in [-0.2, -0.15) is 4.68 Å². The third-order valence-corrected chi connectivity index (χ3v) is 4.73. The first-order valence-electron chi connectivity index (χ1n) is 7.83.